The maximum atomic E-state index is 13.8. The highest BCUT2D eigenvalue weighted by Crippen LogP contribution is 2.34. The van der Waals surface area contributed by atoms with Gasteiger partial charge in [0.15, 0.2) is 0 Å². The summed E-state index contributed by atoms with van der Waals surface area (Å²) in [5, 5.41) is 13.9. The molecule has 0 spiro atoms. The zero-order valence-electron chi connectivity index (χ0n) is 29.3. The van der Waals surface area contributed by atoms with Crippen molar-refractivity contribution in [3.63, 3.8) is 0 Å². The van der Waals surface area contributed by atoms with Crippen molar-refractivity contribution in [2.24, 2.45) is 12.5 Å². The number of carbonyl (C=O) groups is 1. The third-order valence-corrected chi connectivity index (χ3v) is 9.92. The first kappa shape index (κ1) is 34.3. The zero-order chi connectivity index (χ0) is 34.7. The second-order valence-corrected chi connectivity index (χ2v) is 13.8. The first-order valence-electron chi connectivity index (χ1n) is 17.1. The lowest BCUT2D eigenvalue weighted by atomic mass is 9.84. The lowest BCUT2D eigenvalue weighted by molar-refractivity contribution is 0.0964. The molecule has 260 valence electrons. The average Bonchev–Trinajstić information content (AvgIpc) is 3.52. The Balaban J connectivity index is 1.22. The Morgan fingerprint density at radius 2 is 1.80 bits per heavy atom. The molecule has 0 radical (unpaired) electrons. The largest absolute Gasteiger partial charge is 0.392 e. The molecule has 49 heavy (non-hydrogen) atoms. The molecule has 0 aromatic carbocycles. The number of methoxy groups -OCH3 is 1. The van der Waals surface area contributed by atoms with E-state index < -0.39 is 0 Å². The minimum absolute atomic E-state index is 0.142. The van der Waals surface area contributed by atoms with Crippen LogP contribution in [0.4, 0.5) is 23.0 Å². The van der Waals surface area contributed by atoms with E-state index in [0.717, 1.165) is 63.4 Å². The summed E-state index contributed by atoms with van der Waals surface area (Å²) < 4.78 is 8.75. The summed E-state index contributed by atoms with van der Waals surface area (Å²) in [7, 11) is 3.42. The van der Waals surface area contributed by atoms with Gasteiger partial charge in [-0.25, -0.2) is 9.97 Å². The lowest BCUT2D eigenvalue weighted by Gasteiger charge is -2.35. The minimum atomic E-state index is -0.325. The first-order chi connectivity index (χ1) is 23.6. The zero-order valence-corrected chi connectivity index (χ0v) is 29.3. The van der Waals surface area contributed by atoms with Gasteiger partial charge in [0.05, 0.1) is 25.1 Å². The van der Waals surface area contributed by atoms with Gasteiger partial charge in [-0.15, -0.1) is 0 Å². The van der Waals surface area contributed by atoms with Gasteiger partial charge in [0.25, 0.3) is 11.5 Å². The molecular weight excluding hydrogens is 620 g/mol. The molecule has 0 bridgehead atoms. The van der Waals surface area contributed by atoms with Gasteiger partial charge >= 0.3 is 0 Å². The summed E-state index contributed by atoms with van der Waals surface area (Å²) in [5.41, 5.74) is 5.01. The van der Waals surface area contributed by atoms with E-state index in [2.05, 4.69) is 52.1 Å². The number of aromatic nitrogens is 4. The predicted octanol–water partition coefficient (Wildman–Crippen LogP) is 4.29. The number of fused-ring (bicyclic) bond motifs is 1. The van der Waals surface area contributed by atoms with E-state index in [-0.39, 0.29) is 23.5 Å². The van der Waals surface area contributed by atoms with Crippen LogP contribution in [0.5, 0.6) is 0 Å². The summed E-state index contributed by atoms with van der Waals surface area (Å²) in [6, 6.07) is 9.47. The Morgan fingerprint density at radius 3 is 2.49 bits per heavy atom. The normalized spacial score (nSPS) is 15.5. The molecule has 4 aromatic rings. The molecule has 2 aliphatic rings. The molecule has 0 atom stereocenters. The van der Waals surface area contributed by atoms with Crippen LogP contribution in [0.2, 0.25) is 0 Å². The van der Waals surface area contributed by atoms with Crippen LogP contribution in [0.1, 0.15) is 48.8 Å². The van der Waals surface area contributed by atoms with E-state index in [0.29, 0.717) is 52.8 Å². The van der Waals surface area contributed by atoms with Crippen LogP contribution < -0.4 is 20.7 Å². The van der Waals surface area contributed by atoms with Crippen molar-refractivity contribution >= 4 is 28.9 Å². The van der Waals surface area contributed by atoms with Crippen molar-refractivity contribution in [1.29, 1.82) is 0 Å². The number of pyridine rings is 3. The summed E-state index contributed by atoms with van der Waals surface area (Å²) in [5.74, 6) is 0.836. The van der Waals surface area contributed by atoms with E-state index >= 15 is 0 Å². The monoisotopic (exact) mass is 668 g/mol. The van der Waals surface area contributed by atoms with Gasteiger partial charge in [-0.1, -0.05) is 27.2 Å². The van der Waals surface area contributed by atoms with Gasteiger partial charge in [-0.2, -0.15) is 0 Å². The van der Waals surface area contributed by atoms with Gasteiger partial charge < -0.3 is 29.2 Å². The smallest absolute Gasteiger partial charge is 0.276 e. The number of amides is 1. The van der Waals surface area contributed by atoms with Gasteiger partial charge in [0, 0.05) is 89.7 Å². The lowest BCUT2D eigenvalue weighted by Crippen LogP contribution is -2.47. The van der Waals surface area contributed by atoms with Crippen LogP contribution >= 0.6 is 0 Å². The molecule has 6 heterocycles. The van der Waals surface area contributed by atoms with Crippen molar-refractivity contribution in [2.75, 3.05) is 68.1 Å². The van der Waals surface area contributed by atoms with Crippen molar-refractivity contribution in [2.45, 2.75) is 46.8 Å². The topological polar surface area (TPSA) is 121 Å². The molecule has 0 unspecified atom stereocenters. The van der Waals surface area contributed by atoms with Gasteiger partial charge in [-0.3, -0.25) is 19.4 Å². The first-order valence-corrected chi connectivity index (χ1v) is 17.1. The molecule has 1 saturated heterocycles. The van der Waals surface area contributed by atoms with Crippen molar-refractivity contribution in [3.8, 4) is 11.1 Å². The SMILES string of the molecule is CCC(C)(C)Cc1cc2n(c1)CCN(c1nccc(-c3cc(Nc4ccc(N5CCN(CCOC)CC5)cn4)c(=O)n(C)c3)c1CO)C2=O. The fourth-order valence-corrected chi connectivity index (χ4v) is 6.68. The fraction of sp³-hybridized carbons (Fsp3) is 0.459. The van der Waals surface area contributed by atoms with Crippen LogP contribution in [0, 0.1) is 5.41 Å². The highest BCUT2D eigenvalue weighted by atomic mass is 16.5. The molecule has 1 fully saturated rings. The van der Waals surface area contributed by atoms with Crippen LogP contribution in [0.15, 0.2) is 59.9 Å². The van der Waals surface area contributed by atoms with E-state index in [1.165, 1.54) is 4.57 Å². The number of aliphatic hydroxyl groups is 1. The Labute approximate surface area is 288 Å². The maximum absolute atomic E-state index is 13.8. The highest BCUT2D eigenvalue weighted by molar-refractivity contribution is 6.06. The van der Waals surface area contributed by atoms with E-state index in [1.54, 1.807) is 37.5 Å². The molecule has 6 rings (SSSR count). The standard InChI is InChI=1S/C37H48N8O4/c1-6-37(2,3)21-26-19-32-36(48)45(16-15-44(32)23-26)34-30(25-46)29(9-10-38-34)27-20-31(35(47)41(4)24-27)40-33-8-7-28(22-39-33)43-13-11-42(12-14-43)17-18-49-5/h7-10,19-20,22-24,46H,6,11-18,21,25H2,1-5H3,(H,39,40). The summed E-state index contributed by atoms with van der Waals surface area (Å²) >= 11 is 0. The number of piperazine rings is 1. The fourth-order valence-electron chi connectivity index (χ4n) is 6.68. The molecule has 2 N–H and O–H groups in total. The van der Waals surface area contributed by atoms with Gasteiger partial charge in [0.1, 0.15) is 23.0 Å². The van der Waals surface area contributed by atoms with E-state index in [1.807, 2.05) is 35.0 Å². The number of aliphatic hydroxyl groups excluding tert-OH is 1. The second kappa shape index (κ2) is 14.5. The molecular formula is C37H48N8O4. The molecule has 1 amide bonds. The van der Waals surface area contributed by atoms with Crippen molar-refractivity contribution < 1.29 is 14.6 Å². The molecule has 12 heteroatoms. The summed E-state index contributed by atoms with van der Waals surface area (Å²) in [6.45, 7) is 12.8. The van der Waals surface area contributed by atoms with Crippen molar-refractivity contribution in [1.82, 2.24) is 24.0 Å². The average molecular weight is 669 g/mol. The number of nitrogens with zero attached hydrogens (tertiary/aromatic N) is 7. The number of ether oxygens (including phenoxy) is 1. The number of carbonyl (C=O) groups excluding carboxylic acids is 1. The minimum Gasteiger partial charge on any atom is -0.392 e. The third-order valence-electron chi connectivity index (χ3n) is 9.92. The highest BCUT2D eigenvalue weighted by Gasteiger charge is 2.30. The quantitative estimate of drug-likeness (QED) is 0.228. The number of anilines is 4. The Kier molecular flexibility index (Phi) is 10.2. The van der Waals surface area contributed by atoms with Crippen molar-refractivity contribution in [3.05, 3.63) is 82.3 Å². The Bertz CT molecular complexity index is 1840. The number of hydrogen-bond donors (Lipinski definition) is 2. The molecule has 12 nitrogen and oxygen atoms in total. The summed E-state index contributed by atoms with van der Waals surface area (Å²) in [4.78, 5) is 42.6. The predicted molar refractivity (Wildman–Crippen MR) is 193 cm³/mol. The molecule has 2 aliphatic heterocycles. The second-order valence-electron chi connectivity index (χ2n) is 13.8. The van der Waals surface area contributed by atoms with E-state index in [9.17, 15) is 14.7 Å². The third kappa shape index (κ3) is 7.41. The number of aryl methyl sites for hydroxylation is 1. The maximum Gasteiger partial charge on any atom is 0.276 e. The number of hydrogen-bond acceptors (Lipinski definition) is 9. The molecule has 4 aromatic heterocycles. The Morgan fingerprint density at radius 1 is 1.00 bits per heavy atom. The number of rotatable bonds is 12. The summed E-state index contributed by atoms with van der Waals surface area (Å²) in [6.07, 6.45) is 9.24. The van der Waals surface area contributed by atoms with Gasteiger partial charge in [-0.05, 0) is 53.3 Å². The van der Waals surface area contributed by atoms with Crippen LogP contribution in [-0.4, -0.2) is 88.0 Å². The van der Waals surface area contributed by atoms with Crippen LogP contribution in [0.25, 0.3) is 11.1 Å². The molecule has 0 aliphatic carbocycles. The number of nitrogens with one attached hydrogen (secondary N) is 1. The van der Waals surface area contributed by atoms with E-state index in [4.69, 9.17) is 4.74 Å². The molecule has 0 saturated carbocycles. The Hall–Kier alpha value is -4.52. The van der Waals surface area contributed by atoms with Crippen LogP contribution in [-0.2, 0) is 31.4 Å². The van der Waals surface area contributed by atoms with Crippen LogP contribution in [0.3, 0.4) is 0 Å². The van der Waals surface area contributed by atoms with Gasteiger partial charge in [0.2, 0.25) is 0 Å².